The summed E-state index contributed by atoms with van der Waals surface area (Å²) < 4.78 is 5.05. The molecule has 2 aromatic rings. The Kier molecular flexibility index (Phi) is 11.2. The molecule has 4 rings (SSSR count). The van der Waals surface area contributed by atoms with Gasteiger partial charge in [-0.3, -0.25) is 19.3 Å². The second kappa shape index (κ2) is 13.2. The van der Waals surface area contributed by atoms with Gasteiger partial charge in [0.1, 0.15) is 29.9 Å². The van der Waals surface area contributed by atoms with Gasteiger partial charge in [-0.15, -0.1) is 23.1 Å². The fourth-order valence-electron chi connectivity index (χ4n) is 3.31. The third-order valence-corrected chi connectivity index (χ3v) is 7.77. The van der Waals surface area contributed by atoms with E-state index in [0.717, 1.165) is 28.0 Å². The summed E-state index contributed by atoms with van der Waals surface area (Å²) in [6, 6.07) is 2.13. The van der Waals surface area contributed by atoms with Crippen LogP contribution in [0.25, 0.3) is 0 Å². The van der Waals surface area contributed by atoms with E-state index in [2.05, 4.69) is 15.5 Å². The number of nitrogen functional groups attached to an aromatic ring is 1. The molecule has 2 atom stereocenters. The fourth-order valence-corrected chi connectivity index (χ4v) is 6.14. The summed E-state index contributed by atoms with van der Waals surface area (Å²) in [5.41, 5.74) is 5.89. The van der Waals surface area contributed by atoms with Crippen molar-refractivity contribution in [3.8, 4) is 0 Å². The smallest absolute Gasteiger partial charge is 0 e. The summed E-state index contributed by atoms with van der Waals surface area (Å²) in [5, 5.41) is 16.8. The SMILES string of the molecule is CO/N=C(\C(=O)N[C@@H]1C(=O)N2C(C(=O)O)=C(CSC(=O)c3ccco3)CS[C@H]12)c1csc(N)n1.[NaH].[Zn]. The van der Waals surface area contributed by atoms with Crippen molar-refractivity contribution >= 4 is 98.2 Å². The molecule has 2 aromatic heterocycles. The Morgan fingerprint density at radius 3 is 2.78 bits per heavy atom. The van der Waals surface area contributed by atoms with E-state index >= 15 is 0 Å². The van der Waals surface area contributed by atoms with Crippen LogP contribution in [-0.2, 0) is 38.7 Å². The van der Waals surface area contributed by atoms with Crippen LogP contribution < -0.4 is 11.1 Å². The number of nitrogens with two attached hydrogens (primary N) is 1. The second-order valence-corrected chi connectivity index (χ2v) is 9.81. The molecule has 17 heteroatoms. The minimum absolute atomic E-state index is 0. The molecule has 0 bridgehead atoms. The number of nitrogens with one attached hydrogen (secondary N) is 1. The number of β-lactam (4-membered cyclic amide) rings is 1. The number of nitrogens with zero attached hydrogens (tertiary/aromatic N) is 3. The van der Waals surface area contributed by atoms with Crippen LogP contribution in [0.2, 0.25) is 0 Å². The number of carbonyl (C=O) groups excluding carboxylic acids is 3. The molecular formula is C19H18N5NaO7S3Zn. The minimum Gasteiger partial charge on any atom is 0 e. The number of hydrogen-bond donors (Lipinski definition) is 3. The van der Waals surface area contributed by atoms with Crippen molar-refractivity contribution in [1.82, 2.24) is 15.2 Å². The van der Waals surface area contributed by atoms with E-state index in [9.17, 15) is 24.3 Å². The normalized spacial score (nSPS) is 18.9. The zero-order valence-electron chi connectivity index (χ0n) is 18.1. The molecular weight excluding hydrogens is 595 g/mol. The van der Waals surface area contributed by atoms with Crippen LogP contribution in [0.5, 0.6) is 0 Å². The van der Waals surface area contributed by atoms with Crippen molar-refractivity contribution in [3.63, 3.8) is 0 Å². The molecule has 1 saturated heterocycles. The summed E-state index contributed by atoms with van der Waals surface area (Å²) in [4.78, 5) is 59.6. The maximum atomic E-state index is 12.8. The Morgan fingerprint density at radius 1 is 1.44 bits per heavy atom. The molecule has 0 radical (unpaired) electrons. The topological polar surface area (TPSA) is 177 Å². The van der Waals surface area contributed by atoms with Crippen LogP contribution in [0.15, 0.2) is 44.6 Å². The first-order valence-electron chi connectivity index (χ1n) is 9.55. The number of thiazole rings is 1. The van der Waals surface area contributed by atoms with E-state index in [-0.39, 0.29) is 93.7 Å². The number of hydrogen-bond acceptors (Lipinski definition) is 12. The summed E-state index contributed by atoms with van der Waals surface area (Å²) >= 11 is 3.29. The molecule has 2 amide bonds. The number of oxime groups is 1. The summed E-state index contributed by atoms with van der Waals surface area (Å²) in [6.45, 7) is 0. The quantitative estimate of drug-likeness (QED) is 0.162. The molecule has 0 aromatic carbocycles. The molecule has 0 aliphatic carbocycles. The number of amides is 2. The van der Waals surface area contributed by atoms with Gasteiger partial charge in [0.25, 0.3) is 16.9 Å². The first-order chi connectivity index (χ1) is 16.3. The largest absolute Gasteiger partial charge is 0 e. The van der Waals surface area contributed by atoms with Crippen molar-refractivity contribution < 1.29 is 53.0 Å². The third kappa shape index (κ3) is 6.23. The number of carboxylic acid groups (broad SMARTS) is 1. The van der Waals surface area contributed by atoms with Gasteiger partial charge >= 0.3 is 35.5 Å². The fraction of sp³-hybridized carbons (Fsp3) is 0.263. The summed E-state index contributed by atoms with van der Waals surface area (Å²) in [7, 11) is 1.26. The Morgan fingerprint density at radius 2 is 2.19 bits per heavy atom. The monoisotopic (exact) mass is 611 g/mol. The number of fused-ring (bicyclic) bond motifs is 1. The number of carboxylic acids is 1. The first-order valence-corrected chi connectivity index (χ1v) is 12.5. The maximum Gasteiger partial charge on any atom is 0 e. The Bertz CT molecular complexity index is 1220. The predicted molar refractivity (Wildman–Crippen MR) is 132 cm³/mol. The van der Waals surface area contributed by atoms with Gasteiger partial charge in [-0.25, -0.2) is 9.78 Å². The zero-order chi connectivity index (χ0) is 24.4. The van der Waals surface area contributed by atoms with Crippen molar-refractivity contribution in [2.45, 2.75) is 11.4 Å². The molecule has 4 N–H and O–H groups in total. The molecule has 0 saturated carbocycles. The molecule has 0 unspecified atom stereocenters. The molecule has 2 aliphatic heterocycles. The van der Waals surface area contributed by atoms with Crippen LogP contribution in [-0.4, -0.2) is 103 Å². The molecule has 2 aliphatic rings. The number of rotatable bonds is 8. The van der Waals surface area contributed by atoms with Crippen molar-refractivity contribution in [1.29, 1.82) is 0 Å². The molecule has 182 valence electrons. The Balaban J connectivity index is 0.00000228. The van der Waals surface area contributed by atoms with Gasteiger partial charge in [0.2, 0.25) is 0 Å². The van der Waals surface area contributed by atoms with Crippen LogP contribution in [0.4, 0.5) is 5.13 Å². The van der Waals surface area contributed by atoms with Gasteiger partial charge in [0.15, 0.2) is 16.6 Å². The Labute approximate surface area is 251 Å². The van der Waals surface area contributed by atoms with E-state index in [0.29, 0.717) is 5.57 Å². The predicted octanol–water partition coefficient (Wildman–Crippen LogP) is 0.330. The number of anilines is 1. The molecule has 36 heavy (non-hydrogen) atoms. The maximum absolute atomic E-state index is 12.8. The van der Waals surface area contributed by atoms with Gasteiger partial charge in [0, 0.05) is 36.4 Å². The van der Waals surface area contributed by atoms with Crippen molar-refractivity contribution in [2.75, 3.05) is 24.3 Å². The third-order valence-electron chi connectivity index (χ3n) is 4.80. The van der Waals surface area contributed by atoms with Crippen LogP contribution in [0, 0.1) is 0 Å². The van der Waals surface area contributed by atoms with Crippen LogP contribution >= 0.6 is 34.9 Å². The first kappa shape index (κ1) is 30.5. The second-order valence-electron chi connectivity index (χ2n) is 6.87. The number of thioether (sulfide) groups is 2. The average molecular weight is 613 g/mol. The summed E-state index contributed by atoms with van der Waals surface area (Å²) in [5.74, 6) is -2.08. The minimum atomic E-state index is -1.29. The van der Waals surface area contributed by atoms with Crippen molar-refractivity contribution in [2.24, 2.45) is 5.16 Å². The Hall–Kier alpha value is -1.68. The van der Waals surface area contributed by atoms with Crippen LogP contribution in [0.3, 0.4) is 0 Å². The van der Waals surface area contributed by atoms with Gasteiger partial charge in [-0.05, 0) is 17.7 Å². The van der Waals surface area contributed by atoms with Gasteiger partial charge in [0.05, 0.1) is 6.26 Å². The molecule has 12 nitrogen and oxygen atoms in total. The summed E-state index contributed by atoms with van der Waals surface area (Å²) in [6.07, 6.45) is 1.37. The average Bonchev–Trinajstić information content (AvgIpc) is 3.50. The number of furan rings is 1. The van der Waals surface area contributed by atoms with E-state index in [1.54, 1.807) is 6.07 Å². The van der Waals surface area contributed by atoms with Crippen LogP contribution in [0.1, 0.15) is 16.2 Å². The van der Waals surface area contributed by atoms with Gasteiger partial charge in [-0.1, -0.05) is 16.9 Å². The van der Waals surface area contributed by atoms with Gasteiger partial charge < -0.3 is 25.4 Å². The molecule has 4 heterocycles. The molecule has 1 fully saturated rings. The molecule has 0 spiro atoms. The zero-order valence-corrected chi connectivity index (χ0v) is 23.5. The number of aliphatic carboxylic acids is 1. The number of carbonyl (C=O) groups is 4. The van der Waals surface area contributed by atoms with Crippen molar-refractivity contribution in [3.05, 3.63) is 46.5 Å². The van der Waals surface area contributed by atoms with E-state index < -0.39 is 29.2 Å². The standard InChI is InChI=1S/C19H17N5O7S3.Na.Zn.H/c1-30-23-11(9-7-34-19(20)21-9)14(25)22-12-15(26)24-13(17(27)28)8(5-32-16(12)24)6-33-18(29)10-3-2-4-31-10;;;/h2-4,7,12,16H,5-6H2,1H3,(H2,20,21)(H,22,25)(H,27,28);;;/b23-11-;;;/t12-,16-;;;/m1.../s1. The van der Waals surface area contributed by atoms with Gasteiger partial charge in [-0.2, -0.15) is 0 Å². The van der Waals surface area contributed by atoms with E-state index in [4.69, 9.17) is 15.0 Å². The van der Waals surface area contributed by atoms with E-state index in [1.807, 2.05) is 0 Å². The number of aromatic nitrogens is 1. The van der Waals surface area contributed by atoms with E-state index in [1.165, 1.54) is 36.6 Å².